The minimum Gasteiger partial charge on any atom is -0.372 e. The Morgan fingerprint density at radius 3 is 1.19 bits per heavy atom. The molecule has 0 aromatic heterocycles. The van der Waals surface area contributed by atoms with E-state index in [0.29, 0.717) is 34.3 Å². The number of hydrogen-bond acceptors (Lipinski definition) is 6. The smallest absolute Gasteiger partial charge is 0.372 e. The minimum absolute atomic E-state index is 0.205. The number of benzene rings is 4. The molecular formula is C34H24F17N5S. The van der Waals surface area contributed by atoms with E-state index in [1.165, 1.54) is 12.1 Å². The molecule has 4 aromatic carbocycles. The summed E-state index contributed by atoms with van der Waals surface area (Å²) >= 11 is -1.69. The molecule has 310 valence electrons. The van der Waals surface area contributed by atoms with Gasteiger partial charge in [0, 0.05) is 34.4 Å². The van der Waals surface area contributed by atoms with Crippen molar-refractivity contribution in [2.24, 2.45) is 20.5 Å². The van der Waals surface area contributed by atoms with Crippen molar-refractivity contribution in [3.05, 3.63) is 84.9 Å². The van der Waals surface area contributed by atoms with Gasteiger partial charge in [0.15, 0.2) is 0 Å². The Morgan fingerprint density at radius 2 is 0.807 bits per heavy atom. The molecule has 5 nitrogen and oxygen atoms in total. The molecule has 0 radical (unpaired) electrons. The molecule has 0 unspecified atom stereocenters. The van der Waals surface area contributed by atoms with E-state index < -0.39 is 63.6 Å². The first-order valence-electron chi connectivity index (χ1n) is 15.8. The molecule has 0 spiro atoms. The second kappa shape index (κ2) is 15.6. The van der Waals surface area contributed by atoms with Crippen molar-refractivity contribution in [2.75, 3.05) is 18.0 Å². The molecule has 0 aliphatic carbocycles. The molecule has 0 fully saturated rings. The highest BCUT2D eigenvalue weighted by Crippen LogP contribution is 2.65. The van der Waals surface area contributed by atoms with Crippen molar-refractivity contribution >= 4 is 51.0 Å². The molecule has 23 heteroatoms. The minimum atomic E-state index is -8.69. The molecule has 0 aliphatic heterocycles. The van der Waals surface area contributed by atoms with Crippen molar-refractivity contribution < 1.29 is 74.6 Å². The summed E-state index contributed by atoms with van der Waals surface area (Å²) in [6, 6.07) is 19.4. The molecule has 0 heterocycles. The largest absolute Gasteiger partial charge is 0.460 e. The van der Waals surface area contributed by atoms with Crippen LogP contribution in [0.4, 0.5) is 103 Å². The van der Waals surface area contributed by atoms with Gasteiger partial charge in [-0.15, -0.1) is 10.2 Å². The van der Waals surface area contributed by atoms with Crippen LogP contribution in [0.15, 0.2) is 110 Å². The Kier molecular flexibility index (Phi) is 12.3. The van der Waals surface area contributed by atoms with Crippen molar-refractivity contribution in [3.8, 4) is 0 Å². The van der Waals surface area contributed by atoms with E-state index in [2.05, 4.69) is 25.4 Å². The lowest BCUT2D eigenvalue weighted by atomic mass is 9.91. The second-order valence-electron chi connectivity index (χ2n) is 11.8. The fraction of sp³-hybridized carbons (Fsp3) is 0.353. The Morgan fingerprint density at radius 1 is 0.439 bits per heavy atom. The number of alkyl halides is 17. The van der Waals surface area contributed by atoms with Crippen LogP contribution in [0.25, 0.3) is 10.8 Å². The lowest BCUT2D eigenvalue weighted by Crippen LogP contribution is -2.74. The third kappa shape index (κ3) is 7.94. The van der Waals surface area contributed by atoms with Crippen LogP contribution in [0.3, 0.4) is 0 Å². The zero-order valence-corrected chi connectivity index (χ0v) is 29.4. The standard InChI is InChI=1S/C34H24F17N5S/c1-3-56(4-2)21-13-9-19(10-14-21)52-54-25-17-18-26(24-8-6-5-7-23(24)25)55-53-20-11-15-22(16-12-20)57-34(50,51)32(45,46)30(41,42)28(37,38)27(35,36)29(39,40)31(43,44)33(47,48)49/h5-18H,3-4H2,1-2H3. The van der Waals surface area contributed by atoms with E-state index in [-0.39, 0.29) is 11.4 Å². The predicted molar refractivity (Wildman–Crippen MR) is 175 cm³/mol. The first-order chi connectivity index (χ1) is 26.1. The summed E-state index contributed by atoms with van der Waals surface area (Å²) in [6.45, 7) is 5.62. The van der Waals surface area contributed by atoms with Gasteiger partial charge < -0.3 is 4.90 Å². The molecule has 0 N–H and O–H groups in total. The van der Waals surface area contributed by atoms with Gasteiger partial charge in [0.05, 0.1) is 22.7 Å². The molecule has 0 saturated heterocycles. The van der Waals surface area contributed by atoms with Crippen LogP contribution in [0.1, 0.15) is 13.8 Å². The summed E-state index contributed by atoms with van der Waals surface area (Å²) in [7, 11) is 0. The van der Waals surface area contributed by atoms with Crippen molar-refractivity contribution in [1.29, 1.82) is 0 Å². The number of thioether (sulfide) groups is 1. The average molecular weight is 858 g/mol. The van der Waals surface area contributed by atoms with Crippen LogP contribution < -0.4 is 4.90 Å². The first kappa shape index (κ1) is 45.0. The monoisotopic (exact) mass is 857 g/mol. The molecule has 0 bridgehead atoms. The number of halogens is 17. The fourth-order valence-corrected chi connectivity index (χ4v) is 5.75. The fourth-order valence-electron chi connectivity index (χ4n) is 4.93. The van der Waals surface area contributed by atoms with Crippen LogP contribution >= 0.6 is 11.8 Å². The van der Waals surface area contributed by atoms with Crippen LogP contribution in [0, 0.1) is 0 Å². The number of rotatable bonds is 15. The summed E-state index contributed by atoms with van der Waals surface area (Å²) in [5.74, 6) is -50.3. The molecule has 4 rings (SSSR count). The van der Waals surface area contributed by atoms with Gasteiger partial charge in [-0.2, -0.15) is 84.9 Å². The highest BCUT2D eigenvalue weighted by molar-refractivity contribution is 8.00. The SMILES string of the molecule is CCN(CC)c1ccc(N=Nc2ccc(N=Nc3ccc(SC(F)(F)C(F)(F)C(F)(F)C(F)(F)C(F)(F)C(F)(F)C(F)(F)C(F)(F)F)cc3)c3ccccc23)cc1. The van der Waals surface area contributed by atoms with Gasteiger partial charge in [0.1, 0.15) is 0 Å². The van der Waals surface area contributed by atoms with Crippen molar-refractivity contribution in [1.82, 2.24) is 0 Å². The highest BCUT2D eigenvalue weighted by Gasteiger charge is 2.95. The van der Waals surface area contributed by atoms with Gasteiger partial charge in [-0.05, 0) is 86.3 Å². The van der Waals surface area contributed by atoms with E-state index in [1.54, 1.807) is 36.4 Å². The zero-order chi connectivity index (χ0) is 43.0. The van der Waals surface area contributed by atoms with Crippen molar-refractivity contribution in [3.63, 3.8) is 0 Å². The lowest BCUT2D eigenvalue weighted by Gasteiger charge is -2.42. The molecule has 0 amide bonds. The summed E-state index contributed by atoms with van der Waals surface area (Å²) in [6.07, 6.45) is -7.82. The molecule has 0 aliphatic rings. The molecule has 4 aromatic rings. The Labute approximate surface area is 314 Å². The van der Waals surface area contributed by atoms with Gasteiger partial charge in [0.2, 0.25) is 0 Å². The quantitative estimate of drug-likeness (QED) is 0.0679. The molecular weight excluding hydrogens is 833 g/mol. The maximum atomic E-state index is 14.5. The summed E-state index contributed by atoms with van der Waals surface area (Å²) < 4.78 is 231. The highest BCUT2D eigenvalue weighted by atomic mass is 32.2. The van der Waals surface area contributed by atoms with E-state index in [9.17, 15) is 74.6 Å². The molecule has 0 atom stereocenters. The first-order valence-corrected chi connectivity index (χ1v) is 16.6. The van der Waals surface area contributed by atoms with Crippen LogP contribution in [-0.4, -0.2) is 60.1 Å². The number of fused-ring (bicyclic) bond motifs is 1. The summed E-state index contributed by atoms with van der Waals surface area (Å²) in [4.78, 5) is 0.950. The number of anilines is 1. The number of hydrogen-bond donors (Lipinski definition) is 0. The maximum Gasteiger partial charge on any atom is 0.460 e. The third-order valence-electron chi connectivity index (χ3n) is 8.18. The number of nitrogens with zero attached hydrogens (tertiary/aromatic N) is 5. The summed E-state index contributed by atoms with van der Waals surface area (Å²) in [5, 5.41) is 10.8. The Hall–Kier alpha value is -4.70. The average Bonchev–Trinajstić information content (AvgIpc) is 3.13. The van der Waals surface area contributed by atoms with Crippen molar-refractivity contribution in [2.45, 2.75) is 65.7 Å². The zero-order valence-electron chi connectivity index (χ0n) is 28.6. The van der Waals surface area contributed by atoms with E-state index in [4.69, 9.17) is 0 Å². The summed E-state index contributed by atoms with van der Waals surface area (Å²) in [5.41, 5.74) is 1.93. The predicted octanol–water partition coefficient (Wildman–Crippen LogP) is 14.6. The van der Waals surface area contributed by atoms with E-state index in [0.717, 1.165) is 30.9 Å². The van der Waals surface area contributed by atoms with Gasteiger partial charge in [-0.25, -0.2) is 0 Å². The number of azo groups is 2. The maximum absolute atomic E-state index is 14.5. The molecule has 0 saturated carbocycles. The van der Waals surface area contributed by atoms with Crippen LogP contribution in [-0.2, 0) is 0 Å². The van der Waals surface area contributed by atoms with E-state index >= 15 is 0 Å². The van der Waals surface area contributed by atoms with Gasteiger partial charge >= 0.3 is 47.0 Å². The van der Waals surface area contributed by atoms with Crippen LogP contribution in [0.5, 0.6) is 0 Å². The topological polar surface area (TPSA) is 52.7 Å². The van der Waals surface area contributed by atoms with Gasteiger partial charge in [-0.1, -0.05) is 24.3 Å². The Balaban J connectivity index is 1.54. The lowest BCUT2D eigenvalue weighted by molar-refractivity contribution is -0.458. The Bertz CT molecular complexity index is 2080. The van der Waals surface area contributed by atoms with Gasteiger partial charge in [0.25, 0.3) is 0 Å². The van der Waals surface area contributed by atoms with Crippen LogP contribution in [0.2, 0.25) is 0 Å². The third-order valence-corrected chi connectivity index (χ3v) is 9.20. The molecule has 57 heavy (non-hydrogen) atoms. The van der Waals surface area contributed by atoms with Gasteiger partial charge in [-0.3, -0.25) is 0 Å². The van der Waals surface area contributed by atoms with E-state index in [1.807, 2.05) is 26.0 Å². The normalized spacial score (nSPS) is 14.3. The second-order valence-corrected chi connectivity index (χ2v) is 13.0.